The zero-order valence-electron chi connectivity index (χ0n) is 17.6. The number of alkyl halides is 1. The van der Waals surface area contributed by atoms with Crippen LogP contribution in [-0.4, -0.2) is 62.9 Å². The van der Waals surface area contributed by atoms with E-state index in [0.717, 1.165) is 37.6 Å². The van der Waals surface area contributed by atoms with E-state index in [1.54, 1.807) is 7.11 Å². The lowest BCUT2D eigenvalue weighted by Crippen LogP contribution is -2.55. The fourth-order valence-electron chi connectivity index (χ4n) is 4.46. The van der Waals surface area contributed by atoms with Crippen molar-refractivity contribution in [3.8, 4) is 11.5 Å². The second-order valence-electron chi connectivity index (χ2n) is 9.21. The Morgan fingerprint density at radius 1 is 1.19 bits per heavy atom. The molecule has 1 aromatic rings. The number of rotatable bonds is 6. The van der Waals surface area contributed by atoms with Crippen LogP contribution < -0.4 is 9.47 Å². The summed E-state index contributed by atoms with van der Waals surface area (Å²) in [6, 6.07) is 5.27. The highest BCUT2D eigenvalue weighted by Crippen LogP contribution is 2.41. The van der Waals surface area contributed by atoms with E-state index in [1.165, 1.54) is 17.5 Å². The van der Waals surface area contributed by atoms with Crippen LogP contribution in [0.25, 0.3) is 0 Å². The van der Waals surface area contributed by atoms with Gasteiger partial charge in [-0.2, -0.15) is 0 Å². The molecule has 0 N–H and O–H groups in total. The molecular formula is C22H35FN2O2. The first-order chi connectivity index (χ1) is 12.8. The van der Waals surface area contributed by atoms with Gasteiger partial charge >= 0.3 is 0 Å². The number of ether oxygens (including phenoxy) is 2. The van der Waals surface area contributed by atoms with Gasteiger partial charge in [0.25, 0.3) is 0 Å². The van der Waals surface area contributed by atoms with Gasteiger partial charge in [-0.05, 0) is 48.6 Å². The first kappa shape index (κ1) is 20.4. The van der Waals surface area contributed by atoms with Crippen LogP contribution in [0.4, 0.5) is 4.39 Å². The molecule has 1 fully saturated rings. The Hall–Kier alpha value is -1.33. The lowest BCUT2D eigenvalue weighted by atomic mass is 9.84. The average Bonchev–Trinajstić information content (AvgIpc) is 2.61. The van der Waals surface area contributed by atoms with Gasteiger partial charge in [0.2, 0.25) is 0 Å². The van der Waals surface area contributed by atoms with Crippen LogP contribution in [0.3, 0.4) is 0 Å². The monoisotopic (exact) mass is 378 g/mol. The van der Waals surface area contributed by atoms with Crippen molar-refractivity contribution in [2.45, 2.75) is 52.1 Å². The molecule has 2 aliphatic heterocycles. The number of fused-ring (bicyclic) bond motifs is 3. The highest BCUT2D eigenvalue weighted by Gasteiger charge is 2.37. The summed E-state index contributed by atoms with van der Waals surface area (Å²) in [5.74, 6) is 1.50. The van der Waals surface area contributed by atoms with Crippen LogP contribution in [0.5, 0.6) is 11.5 Å². The Labute approximate surface area is 163 Å². The van der Waals surface area contributed by atoms with Crippen molar-refractivity contribution in [2.75, 3.05) is 47.1 Å². The molecule has 1 saturated heterocycles. The number of hydrogen-bond acceptors (Lipinski definition) is 4. The molecule has 5 heteroatoms. The largest absolute Gasteiger partial charge is 0.493 e. The minimum absolute atomic E-state index is 0.342. The molecule has 2 aliphatic rings. The third-order valence-corrected chi connectivity index (χ3v) is 5.81. The maximum Gasteiger partial charge on any atom is 0.161 e. The van der Waals surface area contributed by atoms with Crippen LogP contribution in [0.15, 0.2) is 12.1 Å². The zero-order valence-corrected chi connectivity index (χ0v) is 17.6. The van der Waals surface area contributed by atoms with Gasteiger partial charge in [0, 0.05) is 38.1 Å². The molecule has 1 aromatic carbocycles. The summed E-state index contributed by atoms with van der Waals surface area (Å²) in [5.41, 5.74) is 3.04. The molecular weight excluding hydrogens is 343 g/mol. The van der Waals surface area contributed by atoms with E-state index < -0.39 is 0 Å². The molecule has 0 spiro atoms. The molecule has 0 bridgehead atoms. The van der Waals surface area contributed by atoms with Crippen LogP contribution in [-0.2, 0) is 6.42 Å². The second kappa shape index (κ2) is 8.36. The summed E-state index contributed by atoms with van der Waals surface area (Å²) < 4.78 is 23.7. The van der Waals surface area contributed by atoms with Gasteiger partial charge < -0.3 is 14.4 Å². The molecule has 2 atom stereocenters. The minimum Gasteiger partial charge on any atom is -0.493 e. The molecule has 4 nitrogen and oxygen atoms in total. The highest BCUT2D eigenvalue weighted by molar-refractivity contribution is 5.49. The Morgan fingerprint density at radius 3 is 2.63 bits per heavy atom. The van der Waals surface area contributed by atoms with Gasteiger partial charge in [-0.3, -0.25) is 9.29 Å². The van der Waals surface area contributed by atoms with Crippen LogP contribution >= 0.6 is 0 Å². The van der Waals surface area contributed by atoms with E-state index in [4.69, 9.17) is 9.47 Å². The number of hydrogen-bond donors (Lipinski definition) is 0. The molecule has 27 heavy (non-hydrogen) atoms. The fraction of sp³-hybridized carbons (Fsp3) is 0.727. The van der Waals surface area contributed by atoms with Crippen molar-refractivity contribution < 1.29 is 13.9 Å². The predicted molar refractivity (Wildman–Crippen MR) is 108 cm³/mol. The van der Waals surface area contributed by atoms with Gasteiger partial charge in [0.15, 0.2) is 11.5 Å². The number of likely N-dealkylation sites (N-methyl/N-ethyl adjacent to an activating group) is 1. The molecule has 0 aromatic heterocycles. The van der Waals surface area contributed by atoms with Gasteiger partial charge in [-0.25, -0.2) is 0 Å². The average molecular weight is 379 g/mol. The summed E-state index contributed by atoms with van der Waals surface area (Å²) in [7, 11) is 3.93. The van der Waals surface area contributed by atoms with Gasteiger partial charge in [0.1, 0.15) is 0 Å². The molecule has 1 unspecified atom stereocenters. The topological polar surface area (TPSA) is 24.9 Å². The van der Waals surface area contributed by atoms with Crippen LogP contribution in [0, 0.1) is 5.41 Å². The lowest BCUT2D eigenvalue weighted by Gasteiger charge is -2.49. The van der Waals surface area contributed by atoms with Gasteiger partial charge in [-0.15, -0.1) is 0 Å². The van der Waals surface area contributed by atoms with Crippen LogP contribution in [0.1, 0.15) is 50.8 Å². The Balaban J connectivity index is 1.80. The molecule has 0 amide bonds. The van der Waals surface area contributed by atoms with Crippen molar-refractivity contribution in [3.63, 3.8) is 0 Å². The predicted octanol–water partition coefficient (Wildman–Crippen LogP) is 4.08. The third kappa shape index (κ3) is 4.75. The van der Waals surface area contributed by atoms with Gasteiger partial charge in [-0.1, -0.05) is 20.8 Å². The lowest BCUT2D eigenvalue weighted by molar-refractivity contribution is 0.0213. The Bertz CT molecular complexity index is 644. The smallest absolute Gasteiger partial charge is 0.161 e. The van der Waals surface area contributed by atoms with Gasteiger partial charge in [0.05, 0.1) is 20.4 Å². The maximum atomic E-state index is 12.4. The summed E-state index contributed by atoms with van der Waals surface area (Å²) in [6.45, 7) is 10.3. The van der Waals surface area contributed by atoms with E-state index in [2.05, 4.69) is 49.8 Å². The number of piperazine rings is 1. The van der Waals surface area contributed by atoms with Crippen molar-refractivity contribution in [1.82, 2.24) is 9.80 Å². The summed E-state index contributed by atoms with van der Waals surface area (Å²) in [6.07, 6.45) is 2.65. The minimum atomic E-state index is -0.355. The first-order valence-corrected chi connectivity index (χ1v) is 10.2. The molecule has 0 radical (unpaired) electrons. The summed E-state index contributed by atoms with van der Waals surface area (Å²) >= 11 is 0. The highest BCUT2D eigenvalue weighted by atomic mass is 19.1. The molecule has 0 saturated carbocycles. The SMILES string of the molecule is COc1cc2c(cc1OCCCF)CCN1C[C@@H](CC(C)(C)C)N(C)CC21. The number of methoxy groups -OCH3 is 1. The second-order valence-corrected chi connectivity index (χ2v) is 9.21. The van der Waals surface area contributed by atoms with E-state index in [-0.39, 0.29) is 6.67 Å². The summed E-state index contributed by atoms with van der Waals surface area (Å²) in [5, 5.41) is 0. The Kier molecular flexibility index (Phi) is 6.32. The van der Waals surface area contributed by atoms with Crippen molar-refractivity contribution >= 4 is 0 Å². The first-order valence-electron chi connectivity index (χ1n) is 10.2. The van der Waals surface area contributed by atoms with E-state index in [9.17, 15) is 4.39 Å². The molecule has 2 heterocycles. The number of benzene rings is 1. The van der Waals surface area contributed by atoms with Crippen molar-refractivity contribution in [3.05, 3.63) is 23.3 Å². The van der Waals surface area contributed by atoms with E-state index in [1.807, 2.05) is 0 Å². The van der Waals surface area contributed by atoms with E-state index >= 15 is 0 Å². The zero-order chi connectivity index (χ0) is 19.6. The number of halogens is 1. The molecule has 3 rings (SSSR count). The summed E-state index contributed by atoms with van der Waals surface area (Å²) in [4.78, 5) is 5.17. The quantitative estimate of drug-likeness (QED) is 0.697. The molecule has 152 valence electrons. The standard InChI is InChI=1S/C22H35FN2O2/c1-22(2,3)13-17-14-25-9-7-16-11-21(27-10-6-8-23)20(26-5)12-18(16)19(25)15-24(17)4/h11-12,17,19H,6-10,13-15H2,1-5H3/t17-,19?/m1/s1. The fourth-order valence-corrected chi connectivity index (χ4v) is 4.46. The number of nitrogens with zero attached hydrogens (tertiary/aromatic N) is 2. The normalized spacial score (nSPS) is 23.6. The van der Waals surface area contributed by atoms with Crippen molar-refractivity contribution in [2.24, 2.45) is 5.41 Å². The third-order valence-electron chi connectivity index (χ3n) is 5.81. The van der Waals surface area contributed by atoms with Crippen LogP contribution in [0.2, 0.25) is 0 Å². The Morgan fingerprint density at radius 2 is 1.96 bits per heavy atom. The maximum absolute atomic E-state index is 12.4. The van der Waals surface area contributed by atoms with E-state index in [0.29, 0.717) is 30.5 Å². The van der Waals surface area contributed by atoms with Crippen molar-refractivity contribution in [1.29, 1.82) is 0 Å². The molecule has 0 aliphatic carbocycles.